The molecule has 0 bridgehead atoms. The molecule has 1 aliphatic rings. The van der Waals surface area contributed by atoms with E-state index in [0.717, 1.165) is 43.1 Å². The Bertz CT molecular complexity index is 1190. The third kappa shape index (κ3) is 7.96. The average molecular weight is 544 g/mol. The van der Waals surface area contributed by atoms with Gasteiger partial charge in [-0.3, -0.25) is 13.9 Å². The minimum absolute atomic E-state index is 0.115. The molecule has 208 valence electrons. The third-order valence-electron chi connectivity index (χ3n) is 7.18. The van der Waals surface area contributed by atoms with Crippen molar-refractivity contribution in [2.75, 3.05) is 24.2 Å². The van der Waals surface area contributed by atoms with Crippen LogP contribution in [0, 0.1) is 6.92 Å². The van der Waals surface area contributed by atoms with Crippen molar-refractivity contribution < 1.29 is 22.7 Å². The summed E-state index contributed by atoms with van der Waals surface area (Å²) < 4.78 is 31.7. The van der Waals surface area contributed by atoms with Crippen molar-refractivity contribution >= 4 is 27.5 Å². The van der Waals surface area contributed by atoms with Crippen molar-refractivity contribution in [1.82, 2.24) is 10.2 Å². The van der Waals surface area contributed by atoms with Gasteiger partial charge in [-0.15, -0.1) is 0 Å². The van der Waals surface area contributed by atoms with Gasteiger partial charge in [-0.25, -0.2) is 8.42 Å². The molecule has 9 heteroatoms. The zero-order valence-corrected chi connectivity index (χ0v) is 23.8. The Morgan fingerprint density at radius 2 is 1.82 bits per heavy atom. The highest BCUT2D eigenvalue weighted by Gasteiger charge is 2.31. The number of sulfonamides is 1. The molecule has 2 amide bonds. The summed E-state index contributed by atoms with van der Waals surface area (Å²) in [6.45, 7) is 4.38. The molecule has 0 heterocycles. The molecular formula is C29H41N3O5S. The molecule has 1 N–H and O–H groups in total. The number of rotatable bonds is 13. The summed E-state index contributed by atoms with van der Waals surface area (Å²) in [5, 5.41) is 3.16. The zero-order valence-electron chi connectivity index (χ0n) is 23.0. The van der Waals surface area contributed by atoms with Gasteiger partial charge in [0, 0.05) is 31.6 Å². The highest BCUT2D eigenvalue weighted by atomic mass is 32.2. The first kappa shape index (κ1) is 29.5. The van der Waals surface area contributed by atoms with Crippen LogP contribution in [0.15, 0.2) is 48.5 Å². The lowest BCUT2D eigenvalue weighted by atomic mass is 10.0. The van der Waals surface area contributed by atoms with E-state index in [4.69, 9.17) is 4.74 Å². The van der Waals surface area contributed by atoms with Gasteiger partial charge in [0.15, 0.2) is 0 Å². The maximum absolute atomic E-state index is 13.6. The first-order valence-electron chi connectivity index (χ1n) is 13.4. The van der Waals surface area contributed by atoms with Crippen LogP contribution >= 0.6 is 0 Å². The predicted molar refractivity (Wildman–Crippen MR) is 151 cm³/mol. The van der Waals surface area contributed by atoms with Crippen molar-refractivity contribution in [1.29, 1.82) is 0 Å². The fourth-order valence-electron chi connectivity index (χ4n) is 5.03. The molecule has 0 aliphatic heterocycles. The smallest absolute Gasteiger partial charge is 0.243 e. The third-order valence-corrected chi connectivity index (χ3v) is 8.38. The van der Waals surface area contributed by atoms with Crippen LogP contribution in [-0.4, -0.2) is 57.1 Å². The standard InChI is InChI=1S/C29H41N3O5S/c1-5-27(29(34)30-24-14-8-9-15-24)31(21-23-13-7-6-12-22(23)2)28(33)18-11-19-32(38(4,35)36)25-16-10-17-26(20-25)37-3/h6-7,10,12-13,16-17,20,24,27H,5,8-9,11,14-15,18-19,21H2,1-4H3,(H,30,34). The SMILES string of the molecule is CCC(C(=O)NC1CCCC1)N(Cc1ccccc1C)C(=O)CCCN(c1cccc(OC)c1)S(C)(=O)=O. The topological polar surface area (TPSA) is 96.0 Å². The summed E-state index contributed by atoms with van der Waals surface area (Å²) in [5.41, 5.74) is 2.53. The number of nitrogens with zero attached hydrogens (tertiary/aromatic N) is 2. The molecule has 1 unspecified atom stereocenters. The van der Waals surface area contributed by atoms with Crippen LogP contribution in [0.3, 0.4) is 0 Å². The fraction of sp³-hybridized carbons (Fsp3) is 0.517. The number of hydrogen-bond acceptors (Lipinski definition) is 5. The molecule has 2 aromatic carbocycles. The highest BCUT2D eigenvalue weighted by Crippen LogP contribution is 2.24. The van der Waals surface area contributed by atoms with Gasteiger partial charge in [0.05, 0.1) is 19.1 Å². The Morgan fingerprint density at radius 1 is 1.11 bits per heavy atom. The lowest BCUT2D eigenvalue weighted by molar-refractivity contribution is -0.141. The fourth-order valence-corrected chi connectivity index (χ4v) is 5.98. The maximum atomic E-state index is 13.6. The number of amides is 2. The summed E-state index contributed by atoms with van der Waals surface area (Å²) in [6.07, 6.45) is 6.24. The van der Waals surface area contributed by atoms with Gasteiger partial charge in [-0.05, 0) is 55.9 Å². The Kier molecular flexibility index (Phi) is 10.6. The number of methoxy groups -OCH3 is 1. The van der Waals surface area contributed by atoms with E-state index in [1.807, 2.05) is 38.1 Å². The lowest BCUT2D eigenvalue weighted by Crippen LogP contribution is -2.51. The molecule has 2 aromatic rings. The summed E-state index contributed by atoms with van der Waals surface area (Å²) in [4.78, 5) is 28.6. The largest absolute Gasteiger partial charge is 0.497 e. The van der Waals surface area contributed by atoms with Crippen molar-refractivity contribution in [3.63, 3.8) is 0 Å². The molecule has 3 rings (SSSR count). The Balaban J connectivity index is 1.77. The number of benzene rings is 2. The normalized spacial score (nSPS) is 14.6. The van der Waals surface area contributed by atoms with E-state index in [1.54, 1.807) is 29.2 Å². The molecule has 8 nitrogen and oxygen atoms in total. The first-order chi connectivity index (χ1) is 18.1. The second-order valence-electron chi connectivity index (χ2n) is 10.0. The second kappa shape index (κ2) is 13.6. The molecule has 0 radical (unpaired) electrons. The summed E-state index contributed by atoms with van der Waals surface area (Å²) >= 11 is 0. The number of ether oxygens (including phenoxy) is 1. The van der Waals surface area contributed by atoms with E-state index in [0.29, 0.717) is 30.8 Å². The van der Waals surface area contributed by atoms with Crippen molar-refractivity contribution in [3.05, 3.63) is 59.7 Å². The summed E-state index contributed by atoms with van der Waals surface area (Å²) in [7, 11) is -2.05. The lowest BCUT2D eigenvalue weighted by Gasteiger charge is -2.32. The van der Waals surface area contributed by atoms with E-state index in [1.165, 1.54) is 11.4 Å². The maximum Gasteiger partial charge on any atom is 0.243 e. The summed E-state index contributed by atoms with van der Waals surface area (Å²) in [6, 6.07) is 14.3. The van der Waals surface area contributed by atoms with E-state index in [-0.39, 0.29) is 30.8 Å². The zero-order chi connectivity index (χ0) is 27.7. The molecular weight excluding hydrogens is 502 g/mol. The van der Waals surface area contributed by atoms with Gasteiger partial charge in [0.1, 0.15) is 11.8 Å². The molecule has 0 aromatic heterocycles. The van der Waals surface area contributed by atoms with Crippen LogP contribution in [0.4, 0.5) is 5.69 Å². The molecule has 1 fully saturated rings. The Hall–Kier alpha value is -3.07. The number of carbonyl (C=O) groups is 2. The van der Waals surface area contributed by atoms with Gasteiger partial charge >= 0.3 is 0 Å². The van der Waals surface area contributed by atoms with Crippen LogP contribution < -0.4 is 14.4 Å². The van der Waals surface area contributed by atoms with Crippen molar-refractivity contribution in [3.8, 4) is 5.75 Å². The molecule has 1 atom stereocenters. The Labute approximate surface area is 227 Å². The minimum Gasteiger partial charge on any atom is -0.497 e. The number of anilines is 1. The molecule has 1 aliphatic carbocycles. The van der Waals surface area contributed by atoms with Gasteiger partial charge in [0.25, 0.3) is 0 Å². The van der Waals surface area contributed by atoms with Crippen LogP contribution in [0.5, 0.6) is 5.75 Å². The minimum atomic E-state index is -3.57. The number of aryl methyl sites for hydroxylation is 1. The quantitative estimate of drug-likeness (QED) is 0.404. The molecule has 0 spiro atoms. The highest BCUT2D eigenvalue weighted by molar-refractivity contribution is 7.92. The Morgan fingerprint density at radius 3 is 2.45 bits per heavy atom. The molecule has 0 saturated heterocycles. The van der Waals surface area contributed by atoms with Gasteiger partial charge in [-0.2, -0.15) is 0 Å². The van der Waals surface area contributed by atoms with E-state index in [9.17, 15) is 18.0 Å². The number of hydrogen-bond donors (Lipinski definition) is 1. The van der Waals surface area contributed by atoms with Crippen molar-refractivity contribution in [2.24, 2.45) is 0 Å². The number of nitrogens with one attached hydrogen (secondary N) is 1. The predicted octanol–water partition coefficient (Wildman–Crippen LogP) is 4.42. The van der Waals surface area contributed by atoms with Gasteiger partial charge < -0.3 is 15.0 Å². The first-order valence-corrected chi connectivity index (χ1v) is 15.2. The monoisotopic (exact) mass is 543 g/mol. The van der Waals surface area contributed by atoms with E-state index >= 15 is 0 Å². The van der Waals surface area contributed by atoms with E-state index < -0.39 is 16.1 Å². The van der Waals surface area contributed by atoms with Gasteiger partial charge in [-0.1, -0.05) is 50.1 Å². The molecule has 38 heavy (non-hydrogen) atoms. The van der Waals surface area contributed by atoms with E-state index in [2.05, 4.69) is 5.32 Å². The van der Waals surface area contributed by atoms with Gasteiger partial charge in [0.2, 0.25) is 21.8 Å². The number of carbonyl (C=O) groups excluding carboxylic acids is 2. The summed E-state index contributed by atoms with van der Waals surface area (Å²) in [5.74, 6) is 0.270. The average Bonchev–Trinajstić information content (AvgIpc) is 3.39. The van der Waals surface area contributed by atoms with Crippen LogP contribution in [-0.2, 0) is 26.2 Å². The second-order valence-corrected chi connectivity index (χ2v) is 11.9. The van der Waals surface area contributed by atoms with Crippen LogP contribution in [0.1, 0.15) is 63.0 Å². The van der Waals surface area contributed by atoms with Crippen LogP contribution in [0.2, 0.25) is 0 Å². The molecule has 1 saturated carbocycles. The van der Waals surface area contributed by atoms with Crippen molar-refractivity contribution in [2.45, 2.75) is 77.4 Å². The van der Waals surface area contributed by atoms with Crippen LogP contribution in [0.25, 0.3) is 0 Å².